The van der Waals surface area contributed by atoms with Crippen LogP contribution in [-0.2, 0) is 4.79 Å². The average Bonchev–Trinajstić information content (AvgIpc) is 3.19. The number of primary amides is 1. The van der Waals surface area contributed by atoms with Gasteiger partial charge in [0.1, 0.15) is 5.75 Å². The molecule has 11 heteroatoms. The van der Waals surface area contributed by atoms with E-state index in [-0.39, 0.29) is 22.9 Å². The number of aromatic nitrogens is 1. The first-order valence-corrected chi connectivity index (χ1v) is 8.76. The minimum atomic E-state index is -4.85. The second kappa shape index (κ2) is 7.14. The Balaban J connectivity index is 1.96. The molecule has 1 atom stereocenters. The summed E-state index contributed by atoms with van der Waals surface area (Å²) >= 11 is 1.23. The molecule has 2 N–H and O–H groups in total. The Labute approximate surface area is 155 Å². The van der Waals surface area contributed by atoms with Crippen LogP contribution in [0.25, 0.3) is 11.3 Å². The van der Waals surface area contributed by atoms with E-state index >= 15 is 0 Å². The van der Waals surface area contributed by atoms with Crippen LogP contribution in [0.2, 0.25) is 0 Å². The van der Waals surface area contributed by atoms with Crippen molar-refractivity contribution >= 4 is 23.6 Å². The van der Waals surface area contributed by atoms with E-state index in [0.29, 0.717) is 12.3 Å². The van der Waals surface area contributed by atoms with E-state index in [1.807, 2.05) is 0 Å². The maximum atomic E-state index is 12.9. The summed E-state index contributed by atoms with van der Waals surface area (Å²) < 4.78 is 46.7. The number of carbonyl (C=O) groups is 2. The van der Waals surface area contributed by atoms with Crippen LogP contribution in [0.5, 0.6) is 5.75 Å². The molecule has 2 amide bonds. The molecule has 1 aliphatic rings. The number of amides is 2. The van der Waals surface area contributed by atoms with Gasteiger partial charge in [0.25, 0.3) is 11.8 Å². The van der Waals surface area contributed by atoms with E-state index < -0.39 is 29.3 Å². The van der Waals surface area contributed by atoms with Crippen LogP contribution in [-0.4, -0.2) is 45.7 Å². The lowest BCUT2D eigenvalue weighted by Gasteiger charge is -2.20. The fourth-order valence-corrected chi connectivity index (χ4v) is 3.72. The Hall–Kier alpha value is -2.69. The van der Waals surface area contributed by atoms with Gasteiger partial charge in [-0.15, -0.1) is 24.9 Å². The van der Waals surface area contributed by atoms with Gasteiger partial charge in [0.15, 0.2) is 22.7 Å². The Morgan fingerprint density at radius 1 is 1.41 bits per heavy atom. The minimum absolute atomic E-state index is 0.00903. The number of benzene rings is 1. The summed E-state index contributed by atoms with van der Waals surface area (Å²) in [6, 6.07) is 5.02. The third kappa shape index (κ3) is 4.18. The molecule has 1 fully saturated rings. The van der Waals surface area contributed by atoms with Gasteiger partial charge in [0, 0.05) is 24.8 Å². The quantitative estimate of drug-likeness (QED) is 0.846. The van der Waals surface area contributed by atoms with Crippen molar-refractivity contribution < 1.29 is 31.9 Å². The van der Waals surface area contributed by atoms with Crippen LogP contribution >= 0.6 is 11.8 Å². The van der Waals surface area contributed by atoms with E-state index in [2.05, 4.69) is 9.72 Å². The molecular formula is C16H14F3N3O4S. The van der Waals surface area contributed by atoms with Gasteiger partial charge in [0.2, 0.25) is 0 Å². The molecule has 144 valence electrons. The normalized spacial score (nSPS) is 17.2. The summed E-state index contributed by atoms with van der Waals surface area (Å²) in [5.74, 6) is -1.03. The minimum Gasteiger partial charge on any atom is -0.440 e. The van der Waals surface area contributed by atoms with Gasteiger partial charge in [-0.25, -0.2) is 4.98 Å². The molecule has 1 aromatic carbocycles. The first-order valence-electron chi connectivity index (χ1n) is 7.71. The van der Waals surface area contributed by atoms with E-state index in [9.17, 15) is 22.8 Å². The number of thioether (sulfide) groups is 1. The third-order valence-electron chi connectivity index (χ3n) is 3.66. The van der Waals surface area contributed by atoms with Crippen LogP contribution in [0, 0.1) is 6.92 Å². The molecule has 3 rings (SSSR count). The molecule has 1 aromatic heterocycles. The number of carbonyl (C=O) groups excluding carboxylic acids is 2. The Morgan fingerprint density at radius 2 is 2.15 bits per heavy atom. The maximum absolute atomic E-state index is 12.9. The van der Waals surface area contributed by atoms with Crippen LogP contribution < -0.4 is 10.5 Å². The van der Waals surface area contributed by atoms with E-state index in [1.165, 1.54) is 35.7 Å². The molecule has 2 heterocycles. The second-order valence-electron chi connectivity index (χ2n) is 5.61. The van der Waals surface area contributed by atoms with Crippen LogP contribution in [0.3, 0.4) is 0 Å². The number of hydrogen-bond donors (Lipinski definition) is 1. The Kier molecular flexibility index (Phi) is 5.05. The topological polar surface area (TPSA) is 98.7 Å². The number of nitrogens with zero attached hydrogens (tertiary/aromatic N) is 2. The largest absolute Gasteiger partial charge is 0.573 e. The SMILES string of the molecule is Cc1nc(C(=O)N2CCSC2C(N)=O)c(-c2cccc(OC(F)(F)F)c2)o1. The van der Waals surface area contributed by atoms with Crippen molar-refractivity contribution in [2.45, 2.75) is 18.7 Å². The van der Waals surface area contributed by atoms with Crippen LogP contribution in [0.1, 0.15) is 16.4 Å². The van der Waals surface area contributed by atoms with E-state index in [1.54, 1.807) is 0 Å². The smallest absolute Gasteiger partial charge is 0.440 e. The molecule has 1 unspecified atom stereocenters. The zero-order valence-electron chi connectivity index (χ0n) is 13.9. The standard InChI is InChI=1S/C16H14F3N3O4S/c1-8-21-11(14(24)22-5-6-27-15(22)13(20)23)12(25-8)9-3-2-4-10(7-9)26-16(17,18)19/h2-4,7,15H,5-6H2,1H3,(H2,20,23). The number of aryl methyl sites for hydroxylation is 1. The van der Waals surface area contributed by atoms with Crippen molar-refractivity contribution in [1.82, 2.24) is 9.88 Å². The van der Waals surface area contributed by atoms with Crippen molar-refractivity contribution in [2.24, 2.45) is 5.73 Å². The lowest BCUT2D eigenvalue weighted by Crippen LogP contribution is -2.42. The lowest BCUT2D eigenvalue weighted by atomic mass is 10.1. The highest BCUT2D eigenvalue weighted by Gasteiger charge is 2.37. The molecule has 0 spiro atoms. The van der Waals surface area contributed by atoms with Crippen molar-refractivity contribution in [1.29, 1.82) is 0 Å². The van der Waals surface area contributed by atoms with Gasteiger partial charge >= 0.3 is 6.36 Å². The van der Waals surface area contributed by atoms with Gasteiger partial charge < -0.3 is 19.8 Å². The highest BCUT2D eigenvalue weighted by Crippen LogP contribution is 2.33. The fourth-order valence-electron chi connectivity index (χ4n) is 2.65. The monoisotopic (exact) mass is 401 g/mol. The predicted octanol–water partition coefficient (Wildman–Crippen LogP) is 2.55. The molecule has 0 bridgehead atoms. The number of nitrogens with two attached hydrogens (primary N) is 1. The number of halogens is 3. The Morgan fingerprint density at radius 3 is 2.81 bits per heavy atom. The molecule has 7 nitrogen and oxygen atoms in total. The molecular weight excluding hydrogens is 387 g/mol. The fraction of sp³-hybridized carbons (Fsp3) is 0.312. The summed E-state index contributed by atoms with van der Waals surface area (Å²) in [4.78, 5) is 29.7. The number of alkyl halides is 3. The van der Waals surface area contributed by atoms with Crippen LogP contribution in [0.15, 0.2) is 28.7 Å². The average molecular weight is 401 g/mol. The van der Waals surface area contributed by atoms with Crippen molar-refractivity contribution in [3.8, 4) is 17.1 Å². The number of ether oxygens (including phenoxy) is 1. The van der Waals surface area contributed by atoms with E-state index in [4.69, 9.17) is 10.2 Å². The van der Waals surface area contributed by atoms with Crippen LogP contribution in [0.4, 0.5) is 13.2 Å². The van der Waals surface area contributed by atoms with E-state index in [0.717, 1.165) is 12.1 Å². The Bertz CT molecular complexity index is 884. The number of hydrogen-bond acceptors (Lipinski definition) is 6. The predicted molar refractivity (Wildman–Crippen MR) is 89.8 cm³/mol. The van der Waals surface area contributed by atoms with Crippen molar-refractivity contribution in [3.05, 3.63) is 35.9 Å². The number of oxazole rings is 1. The molecule has 27 heavy (non-hydrogen) atoms. The first kappa shape index (κ1) is 19.1. The summed E-state index contributed by atoms with van der Waals surface area (Å²) in [6.45, 7) is 1.79. The maximum Gasteiger partial charge on any atom is 0.573 e. The first-order chi connectivity index (χ1) is 12.7. The van der Waals surface area contributed by atoms with Gasteiger partial charge in [0.05, 0.1) is 0 Å². The molecule has 2 aromatic rings. The summed E-state index contributed by atoms with van der Waals surface area (Å²) in [6.07, 6.45) is -4.85. The van der Waals surface area contributed by atoms with Crippen molar-refractivity contribution in [3.63, 3.8) is 0 Å². The highest BCUT2D eigenvalue weighted by atomic mass is 32.2. The van der Waals surface area contributed by atoms with Gasteiger partial charge in [-0.2, -0.15) is 0 Å². The molecule has 1 saturated heterocycles. The lowest BCUT2D eigenvalue weighted by molar-refractivity contribution is -0.274. The molecule has 0 saturated carbocycles. The zero-order chi connectivity index (χ0) is 19.8. The highest BCUT2D eigenvalue weighted by molar-refractivity contribution is 8.00. The number of rotatable bonds is 4. The van der Waals surface area contributed by atoms with Gasteiger partial charge in [-0.1, -0.05) is 12.1 Å². The summed E-state index contributed by atoms with van der Waals surface area (Å²) in [7, 11) is 0. The molecule has 0 aliphatic carbocycles. The van der Waals surface area contributed by atoms with Crippen molar-refractivity contribution in [2.75, 3.05) is 12.3 Å². The molecule has 1 aliphatic heterocycles. The van der Waals surface area contributed by atoms with Gasteiger partial charge in [-0.05, 0) is 12.1 Å². The van der Waals surface area contributed by atoms with Gasteiger partial charge in [-0.3, -0.25) is 9.59 Å². The second-order valence-corrected chi connectivity index (χ2v) is 6.80. The zero-order valence-corrected chi connectivity index (χ0v) is 14.8. The summed E-state index contributed by atoms with van der Waals surface area (Å²) in [5.41, 5.74) is 5.39. The molecule has 0 radical (unpaired) electrons. The third-order valence-corrected chi connectivity index (χ3v) is 4.88. The summed E-state index contributed by atoms with van der Waals surface area (Å²) in [5, 5.41) is -0.831.